The molecule has 0 fully saturated rings. The summed E-state index contributed by atoms with van der Waals surface area (Å²) >= 11 is 0. The van der Waals surface area contributed by atoms with Crippen molar-refractivity contribution in [2.45, 2.75) is 6.04 Å². The standard InChI is InChI=1S/C29H28FN5O3/c1-36-17-20(18-37-2)32-25-16-28-26(15-24(25)34-23-8-6-14-31-29(23)38-3)33-22-7-4-5-9-27(22)35(28)21-12-10-19(30)11-13-21/h4-16,20,34H,17-18H2,1-3H3/b32-25+. The fourth-order valence-electron chi connectivity index (χ4n) is 4.41. The van der Waals surface area contributed by atoms with E-state index in [1.54, 1.807) is 39.7 Å². The van der Waals surface area contributed by atoms with Gasteiger partial charge in [0.25, 0.3) is 0 Å². The molecule has 38 heavy (non-hydrogen) atoms. The molecule has 194 valence electrons. The molecule has 0 atom stereocenters. The van der Waals surface area contributed by atoms with E-state index in [2.05, 4.69) is 14.9 Å². The van der Waals surface area contributed by atoms with Gasteiger partial charge in [-0.1, -0.05) is 12.1 Å². The van der Waals surface area contributed by atoms with Crippen LogP contribution in [0.5, 0.6) is 5.88 Å². The van der Waals surface area contributed by atoms with E-state index in [4.69, 9.17) is 24.2 Å². The van der Waals surface area contributed by atoms with Crippen LogP contribution in [0.1, 0.15) is 0 Å². The number of para-hydroxylation sites is 2. The number of benzene rings is 3. The lowest BCUT2D eigenvalue weighted by Gasteiger charge is -2.21. The second-order valence-electron chi connectivity index (χ2n) is 8.65. The van der Waals surface area contributed by atoms with Gasteiger partial charge in [0, 0.05) is 26.1 Å². The van der Waals surface area contributed by atoms with Crippen LogP contribution in [0.2, 0.25) is 0 Å². The fraction of sp³-hybridized carbons (Fsp3) is 0.207. The van der Waals surface area contributed by atoms with Crippen molar-refractivity contribution in [1.29, 1.82) is 0 Å². The Morgan fingerprint density at radius 1 is 0.921 bits per heavy atom. The molecule has 1 aliphatic carbocycles. The van der Waals surface area contributed by atoms with Crippen molar-refractivity contribution < 1.29 is 18.6 Å². The lowest BCUT2D eigenvalue weighted by Crippen LogP contribution is -2.24. The summed E-state index contributed by atoms with van der Waals surface area (Å²) in [6.45, 7) is 0.769. The van der Waals surface area contributed by atoms with Gasteiger partial charge in [0.05, 0.1) is 59.8 Å². The fourth-order valence-corrected chi connectivity index (χ4v) is 4.41. The van der Waals surface area contributed by atoms with Gasteiger partial charge in [-0.15, -0.1) is 0 Å². The van der Waals surface area contributed by atoms with Gasteiger partial charge in [-0.2, -0.15) is 0 Å². The zero-order chi connectivity index (χ0) is 26.5. The lowest BCUT2D eigenvalue weighted by molar-refractivity contribution is 0.118. The molecule has 0 saturated heterocycles. The molecule has 1 aromatic heterocycles. The second kappa shape index (κ2) is 11.4. The topological polar surface area (TPSA) is 82.8 Å². The van der Waals surface area contributed by atoms with Crippen LogP contribution in [0.25, 0.3) is 28.1 Å². The maximum atomic E-state index is 13.8. The molecule has 1 N–H and O–H groups in total. The minimum absolute atomic E-state index is 0.244. The lowest BCUT2D eigenvalue weighted by atomic mass is 10.1. The molecular formula is C29H28FN5O3. The third-order valence-electron chi connectivity index (χ3n) is 6.06. The molecule has 0 radical (unpaired) electrons. The molecule has 1 aliphatic heterocycles. The Morgan fingerprint density at radius 2 is 1.68 bits per heavy atom. The third-order valence-corrected chi connectivity index (χ3v) is 6.06. The number of aromatic nitrogens is 3. The van der Waals surface area contributed by atoms with E-state index in [9.17, 15) is 4.39 Å². The molecule has 2 heterocycles. The monoisotopic (exact) mass is 513 g/mol. The first-order valence-corrected chi connectivity index (χ1v) is 12.1. The summed E-state index contributed by atoms with van der Waals surface area (Å²) in [4.78, 5) is 14.2. The molecule has 3 aromatic rings. The Morgan fingerprint density at radius 3 is 2.42 bits per heavy atom. The van der Waals surface area contributed by atoms with Crippen LogP contribution in [0, 0.1) is 5.82 Å². The van der Waals surface area contributed by atoms with Crippen molar-refractivity contribution in [3.05, 3.63) is 90.2 Å². The zero-order valence-corrected chi connectivity index (χ0v) is 21.4. The van der Waals surface area contributed by atoms with Gasteiger partial charge < -0.3 is 24.1 Å². The van der Waals surface area contributed by atoms with Crippen molar-refractivity contribution in [2.24, 2.45) is 4.99 Å². The first-order valence-electron chi connectivity index (χ1n) is 12.1. The Hall–Kier alpha value is -4.34. The molecule has 0 spiro atoms. The number of hydrogen-bond donors (Lipinski definition) is 1. The molecule has 2 aromatic carbocycles. The quantitative estimate of drug-likeness (QED) is 0.280. The highest BCUT2D eigenvalue weighted by molar-refractivity contribution is 5.84. The first kappa shape index (κ1) is 25.3. The molecular weight excluding hydrogens is 485 g/mol. The summed E-state index contributed by atoms with van der Waals surface area (Å²) in [6, 6.07) is 21.6. The van der Waals surface area contributed by atoms with Crippen molar-refractivity contribution in [1.82, 2.24) is 14.5 Å². The highest BCUT2D eigenvalue weighted by atomic mass is 19.1. The SMILES string of the molecule is COCC(COC)/N=c1\cc2n(-c3ccc(F)cc3)c3ccccc3nc-2cc1Nc1cccnc1OC. The number of nitrogens with one attached hydrogen (secondary N) is 1. The van der Waals surface area contributed by atoms with E-state index in [0.717, 1.165) is 33.8 Å². The number of anilines is 2. The second-order valence-corrected chi connectivity index (χ2v) is 8.65. The normalized spacial score (nSPS) is 12.0. The third kappa shape index (κ3) is 5.20. The molecule has 0 bridgehead atoms. The van der Waals surface area contributed by atoms with Crippen molar-refractivity contribution in [3.8, 4) is 23.0 Å². The van der Waals surface area contributed by atoms with Crippen LogP contribution in [-0.4, -0.2) is 55.1 Å². The summed E-state index contributed by atoms with van der Waals surface area (Å²) in [5.41, 5.74) is 5.44. The van der Waals surface area contributed by atoms with E-state index in [0.29, 0.717) is 30.1 Å². The summed E-state index contributed by atoms with van der Waals surface area (Å²) in [6.07, 6.45) is 1.67. The van der Waals surface area contributed by atoms with Gasteiger partial charge >= 0.3 is 0 Å². The van der Waals surface area contributed by atoms with Crippen molar-refractivity contribution in [3.63, 3.8) is 0 Å². The Kier molecular flexibility index (Phi) is 7.57. The molecule has 5 rings (SSSR count). The summed E-state index contributed by atoms with van der Waals surface area (Å²) < 4.78 is 32.1. The maximum Gasteiger partial charge on any atom is 0.237 e. The van der Waals surface area contributed by atoms with Crippen LogP contribution < -0.4 is 15.4 Å². The largest absolute Gasteiger partial charge is 0.480 e. The number of rotatable bonds is 9. The number of fused-ring (bicyclic) bond motifs is 2. The number of methoxy groups -OCH3 is 3. The maximum absolute atomic E-state index is 13.8. The van der Waals surface area contributed by atoms with E-state index in [1.807, 2.05) is 48.5 Å². The van der Waals surface area contributed by atoms with Crippen LogP contribution in [0.4, 0.5) is 15.8 Å². The Bertz CT molecular complexity index is 1580. The Labute approximate surface area is 219 Å². The van der Waals surface area contributed by atoms with E-state index in [1.165, 1.54) is 12.1 Å². The average Bonchev–Trinajstić information content (AvgIpc) is 2.93. The summed E-state index contributed by atoms with van der Waals surface area (Å²) in [5, 5.41) is 4.10. The zero-order valence-electron chi connectivity index (χ0n) is 21.4. The number of halogens is 1. The highest BCUT2D eigenvalue weighted by Crippen LogP contribution is 2.31. The highest BCUT2D eigenvalue weighted by Gasteiger charge is 2.18. The van der Waals surface area contributed by atoms with E-state index < -0.39 is 0 Å². The molecule has 0 amide bonds. The van der Waals surface area contributed by atoms with Crippen LogP contribution in [0.3, 0.4) is 0 Å². The predicted molar refractivity (Wildman–Crippen MR) is 145 cm³/mol. The van der Waals surface area contributed by atoms with Crippen LogP contribution >= 0.6 is 0 Å². The van der Waals surface area contributed by atoms with Crippen LogP contribution in [0.15, 0.2) is 84.0 Å². The molecule has 0 saturated carbocycles. The predicted octanol–water partition coefficient (Wildman–Crippen LogP) is 4.98. The number of ether oxygens (including phenoxy) is 3. The molecule has 0 unspecified atom stereocenters. The van der Waals surface area contributed by atoms with E-state index in [-0.39, 0.29) is 11.9 Å². The van der Waals surface area contributed by atoms with Gasteiger partial charge in [0.1, 0.15) is 11.5 Å². The summed E-state index contributed by atoms with van der Waals surface area (Å²) in [5.74, 6) is 0.156. The summed E-state index contributed by atoms with van der Waals surface area (Å²) in [7, 11) is 4.85. The van der Waals surface area contributed by atoms with Gasteiger partial charge in [0.2, 0.25) is 5.88 Å². The molecule has 9 heteroatoms. The minimum atomic E-state index is -0.299. The van der Waals surface area contributed by atoms with Gasteiger partial charge in [-0.05, 0) is 60.7 Å². The van der Waals surface area contributed by atoms with Gasteiger partial charge in [0.15, 0.2) is 0 Å². The van der Waals surface area contributed by atoms with E-state index >= 15 is 0 Å². The average molecular weight is 514 g/mol. The van der Waals surface area contributed by atoms with Gasteiger partial charge in [-0.3, -0.25) is 4.99 Å². The van der Waals surface area contributed by atoms with Crippen molar-refractivity contribution in [2.75, 3.05) is 39.9 Å². The smallest absolute Gasteiger partial charge is 0.237 e. The van der Waals surface area contributed by atoms with Gasteiger partial charge in [-0.25, -0.2) is 14.4 Å². The first-order chi connectivity index (χ1) is 18.6. The minimum Gasteiger partial charge on any atom is -0.480 e. The number of pyridine rings is 1. The Balaban J connectivity index is 1.81. The van der Waals surface area contributed by atoms with Crippen molar-refractivity contribution >= 4 is 22.4 Å². The number of nitrogens with zero attached hydrogens (tertiary/aromatic N) is 4. The van der Waals surface area contributed by atoms with Crippen LogP contribution in [-0.2, 0) is 9.47 Å². The molecule has 8 nitrogen and oxygen atoms in total. The number of hydrogen-bond acceptors (Lipinski definition) is 7. The molecule has 2 aliphatic rings.